The number of hydrogen-bond acceptors (Lipinski definition) is 3. The van der Waals surface area contributed by atoms with Crippen LogP contribution in [0.25, 0.3) is 0 Å². The SMILES string of the molecule is C#CCCCNCCc1nncn1C. The summed E-state index contributed by atoms with van der Waals surface area (Å²) in [6.07, 6.45) is 9.65. The largest absolute Gasteiger partial charge is 0.321 e. The highest BCUT2D eigenvalue weighted by molar-refractivity contribution is 4.85. The summed E-state index contributed by atoms with van der Waals surface area (Å²) in [7, 11) is 1.95. The molecule has 0 unspecified atom stereocenters. The first-order valence-electron chi connectivity index (χ1n) is 4.81. The first kappa shape index (κ1) is 10.7. The van der Waals surface area contributed by atoms with Gasteiger partial charge in [0.15, 0.2) is 0 Å². The molecule has 0 saturated heterocycles. The van der Waals surface area contributed by atoms with Gasteiger partial charge in [0.05, 0.1) is 0 Å². The van der Waals surface area contributed by atoms with Crippen molar-refractivity contribution in [2.24, 2.45) is 7.05 Å². The molecule has 0 aliphatic carbocycles. The van der Waals surface area contributed by atoms with E-state index in [0.29, 0.717) is 0 Å². The Balaban J connectivity index is 2.05. The van der Waals surface area contributed by atoms with E-state index in [9.17, 15) is 0 Å². The van der Waals surface area contributed by atoms with Crippen LogP contribution in [-0.2, 0) is 13.5 Å². The lowest BCUT2D eigenvalue weighted by Gasteiger charge is -2.02. The first-order chi connectivity index (χ1) is 6.84. The molecule has 0 spiro atoms. The topological polar surface area (TPSA) is 42.7 Å². The number of nitrogens with zero attached hydrogens (tertiary/aromatic N) is 3. The van der Waals surface area contributed by atoms with Crippen LogP contribution in [0, 0.1) is 12.3 Å². The second-order valence-corrected chi connectivity index (χ2v) is 3.17. The van der Waals surface area contributed by atoms with Crippen LogP contribution in [0.3, 0.4) is 0 Å². The molecule has 0 fully saturated rings. The fourth-order valence-corrected chi connectivity index (χ4v) is 1.17. The van der Waals surface area contributed by atoms with Crippen LogP contribution in [0.4, 0.5) is 0 Å². The van der Waals surface area contributed by atoms with Crippen molar-refractivity contribution in [3.8, 4) is 12.3 Å². The Hall–Kier alpha value is -1.34. The Morgan fingerprint density at radius 2 is 2.43 bits per heavy atom. The molecule has 1 rings (SSSR count). The molecule has 76 valence electrons. The van der Waals surface area contributed by atoms with Crippen molar-refractivity contribution in [1.29, 1.82) is 0 Å². The first-order valence-corrected chi connectivity index (χ1v) is 4.81. The molecule has 0 aliphatic heterocycles. The van der Waals surface area contributed by atoms with E-state index in [2.05, 4.69) is 21.4 Å². The average Bonchev–Trinajstić information content (AvgIpc) is 2.58. The van der Waals surface area contributed by atoms with Gasteiger partial charge in [0.25, 0.3) is 0 Å². The predicted octanol–water partition coefficient (Wildman–Crippen LogP) is 0.361. The van der Waals surface area contributed by atoms with Gasteiger partial charge in [-0.05, 0) is 13.0 Å². The summed E-state index contributed by atoms with van der Waals surface area (Å²) in [5.74, 6) is 3.62. The van der Waals surface area contributed by atoms with Gasteiger partial charge in [0.2, 0.25) is 0 Å². The van der Waals surface area contributed by atoms with Crippen LogP contribution >= 0.6 is 0 Å². The molecule has 4 heteroatoms. The van der Waals surface area contributed by atoms with E-state index in [1.807, 2.05) is 11.6 Å². The molecule has 0 aromatic carbocycles. The fourth-order valence-electron chi connectivity index (χ4n) is 1.17. The molecule has 1 aromatic rings. The number of hydrogen-bond donors (Lipinski definition) is 1. The quantitative estimate of drug-likeness (QED) is 0.523. The second kappa shape index (κ2) is 6.17. The summed E-state index contributed by atoms with van der Waals surface area (Å²) in [5.41, 5.74) is 0. The minimum absolute atomic E-state index is 0.844. The summed E-state index contributed by atoms with van der Waals surface area (Å²) in [6, 6.07) is 0. The third kappa shape index (κ3) is 3.58. The highest BCUT2D eigenvalue weighted by atomic mass is 15.2. The molecule has 4 nitrogen and oxygen atoms in total. The van der Waals surface area contributed by atoms with Gasteiger partial charge in [0.1, 0.15) is 12.2 Å². The molecule has 0 bridgehead atoms. The second-order valence-electron chi connectivity index (χ2n) is 3.17. The molecular weight excluding hydrogens is 176 g/mol. The predicted molar refractivity (Wildman–Crippen MR) is 55.6 cm³/mol. The number of terminal acetylenes is 1. The molecular formula is C10H16N4. The zero-order valence-corrected chi connectivity index (χ0v) is 8.53. The number of aromatic nitrogens is 3. The van der Waals surface area contributed by atoms with Crippen molar-refractivity contribution in [2.75, 3.05) is 13.1 Å². The van der Waals surface area contributed by atoms with Gasteiger partial charge in [-0.2, -0.15) is 0 Å². The maximum atomic E-state index is 5.14. The van der Waals surface area contributed by atoms with Gasteiger partial charge in [-0.3, -0.25) is 0 Å². The van der Waals surface area contributed by atoms with E-state index in [4.69, 9.17) is 6.42 Å². The van der Waals surface area contributed by atoms with Crippen LogP contribution in [0.5, 0.6) is 0 Å². The van der Waals surface area contributed by atoms with E-state index in [1.54, 1.807) is 6.33 Å². The normalized spacial score (nSPS) is 10.0. The van der Waals surface area contributed by atoms with E-state index in [-0.39, 0.29) is 0 Å². The average molecular weight is 192 g/mol. The van der Waals surface area contributed by atoms with E-state index < -0.39 is 0 Å². The Labute approximate surface area is 84.7 Å². The molecule has 0 radical (unpaired) electrons. The number of unbranched alkanes of at least 4 members (excludes halogenated alkanes) is 1. The highest BCUT2D eigenvalue weighted by Gasteiger charge is 1.98. The van der Waals surface area contributed by atoms with Crippen LogP contribution in [0.1, 0.15) is 18.7 Å². The van der Waals surface area contributed by atoms with Gasteiger partial charge in [-0.15, -0.1) is 22.5 Å². The summed E-state index contributed by atoms with van der Waals surface area (Å²) in [4.78, 5) is 0. The van der Waals surface area contributed by atoms with E-state index >= 15 is 0 Å². The van der Waals surface area contributed by atoms with Crippen molar-refractivity contribution in [2.45, 2.75) is 19.3 Å². The molecule has 0 amide bonds. The summed E-state index contributed by atoms with van der Waals surface area (Å²) in [5, 5.41) is 11.1. The Kier molecular flexibility index (Phi) is 4.73. The summed E-state index contributed by atoms with van der Waals surface area (Å²) in [6.45, 7) is 1.90. The molecule has 1 aromatic heterocycles. The van der Waals surface area contributed by atoms with Gasteiger partial charge in [0, 0.05) is 26.4 Å². The molecule has 1 heterocycles. The lowest BCUT2D eigenvalue weighted by Crippen LogP contribution is -2.19. The number of nitrogens with one attached hydrogen (secondary N) is 1. The van der Waals surface area contributed by atoms with Crippen molar-refractivity contribution >= 4 is 0 Å². The summed E-state index contributed by atoms with van der Waals surface area (Å²) < 4.78 is 1.93. The minimum atomic E-state index is 0.844. The molecule has 1 N–H and O–H groups in total. The monoisotopic (exact) mass is 192 g/mol. The lowest BCUT2D eigenvalue weighted by molar-refractivity contribution is 0.634. The van der Waals surface area contributed by atoms with Gasteiger partial charge < -0.3 is 9.88 Å². The maximum absolute atomic E-state index is 5.14. The Bertz CT molecular complexity index is 297. The van der Waals surface area contributed by atoms with E-state index in [1.165, 1.54) is 0 Å². The van der Waals surface area contributed by atoms with Crippen molar-refractivity contribution in [3.63, 3.8) is 0 Å². The van der Waals surface area contributed by atoms with Crippen molar-refractivity contribution < 1.29 is 0 Å². The number of aryl methyl sites for hydroxylation is 1. The zero-order valence-electron chi connectivity index (χ0n) is 8.53. The minimum Gasteiger partial charge on any atom is -0.321 e. The van der Waals surface area contributed by atoms with Gasteiger partial charge in [-0.25, -0.2) is 0 Å². The number of rotatable bonds is 6. The van der Waals surface area contributed by atoms with Gasteiger partial charge >= 0.3 is 0 Å². The fraction of sp³-hybridized carbons (Fsp3) is 0.600. The van der Waals surface area contributed by atoms with Crippen molar-refractivity contribution in [3.05, 3.63) is 12.2 Å². The smallest absolute Gasteiger partial charge is 0.133 e. The maximum Gasteiger partial charge on any atom is 0.133 e. The third-order valence-corrected chi connectivity index (χ3v) is 2.01. The zero-order chi connectivity index (χ0) is 10.2. The molecule has 0 aliphatic rings. The standard InChI is InChI=1S/C10H16N4/c1-3-4-5-7-11-8-6-10-13-12-9-14(10)2/h1,9,11H,4-8H2,2H3. The van der Waals surface area contributed by atoms with E-state index in [0.717, 1.165) is 38.2 Å². The Morgan fingerprint density at radius 1 is 1.57 bits per heavy atom. The Morgan fingerprint density at radius 3 is 3.07 bits per heavy atom. The molecule has 14 heavy (non-hydrogen) atoms. The third-order valence-electron chi connectivity index (χ3n) is 2.01. The molecule has 0 saturated carbocycles. The van der Waals surface area contributed by atoms with Crippen LogP contribution < -0.4 is 5.32 Å². The highest BCUT2D eigenvalue weighted by Crippen LogP contribution is 1.91. The van der Waals surface area contributed by atoms with Gasteiger partial charge in [-0.1, -0.05) is 0 Å². The van der Waals surface area contributed by atoms with Crippen LogP contribution in [0.15, 0.2) is 6.33 Å². The van der Waals surface area contributed by atoms with Crippen molar-refractivity contribution in [1.82, 2.24) is 20.1 Å². The molecule has 0 atom stereocenters. The van der Waals surface area contributed by atoms with Crippen LogP contribution in [-0.4, -0.2) is 27.9 Å². The lowest BCUT2D eigenvalue weighted by atomic mass is 10.3. The summed E-state index contributed by atoms with van der Waals surface area (Å²) >= 11 is 0. The van der Waals surface area contributed by atoms with Crippen LogP contribution in [0.2, 0.25) is 0 Å².